The van der Waals surface area contributed by atoms with Gasteiger partial charge in [0.05, 0.1) is 11.4 Å². The summed E-state index contributed by atoms with van der Waals surface area (Å²) in [5.74, 6) is 0. The van der Waals surface area contributed by atoms with Gasteiger partial charge in [0.15, 0.2) is 0 Å². The number of fused-ring (bicyclic) bond motifs is 11. The summed E-state index contributed by atoms with van der Waals surface area (Å²) < 4.78 is 0. The van der Waals surface area contributed by atoms with Crippen LogP contribution >= 0.6 is 0 Å². The summed E-state index contributed by atoms with van der Waals surface area (Å²) in [6.07, 6.45) is 4.47. The third kappa shape index (κ3) is 4.37. The molecule has 1 nitrogen and oxygen atoms in total. The summed E-state index contributed by atoms with van der Waals surface area (Å²) in [7, 11) is 0. The van der Waals surface area contributed by atoms with E-state index in [9.17, 15) is 0 Å². The highest BCUT2D eigenvalue weighted by Crippen LogP contribution is 2.64. The van der Waals surface area contributed by atoms with Gasteiger partial charge >= 0.3 is 0 Å². The van der Waals surface area contributed by atoms with Gasteiger partial charge < -0.3 is 4.90 Å². The molecule has 0 saturated heterocycles. The lowest BCUT2D eigenvalue weighted by atomic mass is 9.57. The highest BCUT2D eigenvalue weighted by Gasteiger charge is 2.53. The first-order valence-corrected chi connectivity index (χ1v) is 19.1. The standard InChI is InChI=1S/C52H39N/c1-2-15-36(16-3-1)39-20-9-13-27-49(39)53(50-28-14-18-37-17-4-5-19-40(37)50)38-29-30-44-43-23-8-12-26-47(43)52(48(44)35-38)33-31-51(32-34-52)45-24-10-6-21-41(45)42-22-7-11-25-46(42)51/h1-30,35H,31-34H2. The van der Waals surface area contributed by atoms with Gasteiger partial charge in [-0.1, -0.05) is 164 Å². The third-order valence-electron chi connectivity index (χ3n) is 12.9. The Morgan fingerprint density at radius 1 is 0.340 bits per heavy atom. The molecule has 8 aromatic carbocycles. The Morgan fingerprint density at radius 2 is 0.811 bits per heavy atom. The molecule has 0 heterocycles. The largest absolute Gasteiger partial charge is 0.309 e. The molecule has 0 aromatic heterocycles. The quantitative estimate of drug-likeness (QED) is 0.179. The van der Waals surface area contributed by atoms with Gasteiger partial charge in [0, 0.05) is 27.5 Å². The first kappa shape index (κ1) is 30.4. The lowest BCUT2D eigenvalue weighted by Gasteiger charge is -2.45. The molecule has 0 radical (unpaired) electrons. The van der Waals surface area contributed by atoms with Crippen molar-refractivity contribution in [1.29, 1.82) is 0 Å². The van der Waals surface area contributed by atoms with Crippen LogP contribution in [-0.2, 0) is 10.8 Å². The van der Waals surface area contributed by atoms with Crippen LogP contribution in [0.1, 0.15) is 47.9 Å². The summed E-state index contributed by atoms with van der Waals surface area (Å²) in [6.45, 7) is 0. The van der Waals surface area contributed by atoms with E-state index in [-0.39, 0.29) is 10.8 Å². The van der Waals surface area contributed by atoms with E-state index in [0.29, 0.717) is 0 Å². The van der Waals surface area contributed by atoms with Crippen LogP contribution < -0.4 is 4.90 Å². The van der Waals surface area contributed by atoms with E-state index in [1.54, 1.807) is 0 Å². The normalized spacial score (nSPS) is 15.5. The van der Waals surface area contributed by atoms with E-state index in [2.05, 4.69) is 193 Å². The van der Waals surface area contributed by atoms with Crippen LogP contribution in [0.15, 0.2) is 188 Å². The first-order valence-electron chi connectivity index (χ1n) is 19.1. The van der Waals surface area contributed by atoms with Crippen molar-refractivity contribution in [3.63, 3.8) is 0 Å². The van der Waals surface area contributed by atoms with Crippen molar-refractivity contribution < 1.29 is 0 Å². The van der Waals surface area contributed by atoms with Gasteiger partial charge in [-0.3, -0.25) is 0 Å². The van der Waals surface area contributed by atoms with Gasteiger partial charge in [-0.25, -0.2) is 0 Å². The fourth-order valence-corrected chi connectivity index (χ4v) is 10.5. The molecule has 0 bridgehead atoms. The van der Waals surface area contributed by atoms with Crippen LogP contribution in [0, 0.1) is 0 Å². The average molecular weight is 678 g/mol. The molecule has 252 valence electrons. The van der Waals surface area contributed by atoms with Crippen LogP contribution in [-0.4, -0.2) is 0 Å². The summed E-state index contributed by atoms with van der Waals surface area (Å²) in [4.78, 5) is 2.52. The molecule has 0 N–H and O–H groups in total. The fraction of sp³-hybridized carbons (Fsp3) is 0.115. The molecule has 8 aromatic rings. The second-order valence-electron chi connectivity index (χ2n) is 15.2. The Labute approximate surface area is 311 Å². The fourth-order valence-electron chi connectivity index (χ4n) is 10.5. The topological polar surface area (TPSA) is 3.24 Å². The maximum atomic E-state index is 2.56. The SMILES string of the molecule is c1ccc(-c2ccccc2N(c2ccc3c(c2)C2(CCC4(CC2)c2ccccc2-c2ccccc24)c2ccccc2-3)c2cccc3ccccc23)cc1. The monoisotopic (exact) mass is 677 g/mol. The van der Waals surface area contributed by atoms with E-state index in [4.69, 9.17) is 0 Å². The first-order chi connectivity index (χ1) is 26.3. The van der Waals surface area contributed by atoms with E-state index < -0.39 is 0 Å². The molecule has 1 fully saturated rings. The van der Waals surface area contributed by atoms with E-state index >= 15 is 0 Å². The van der Waals surface area contributed by atoms with Crippen molar-refractivity contribution in [3.05, 3.63) is 210 Å². The molecule has 3 aliphatic carbocycles. The van der Waals surface area contributed by atoms with Crippen molar-refractivity contribution >= 4 is 27.8 Å². The van der Waals surface area contributed by atoms with Crippen LogP contribution in [0.5, 0.6) is 0 Å². The molecule has 11 rings (SSSR count). The minimum atomic E-state index is -0.0525. The summed E-state index contributed by atoms with van der Waals surface area (Å²) in [5, 5.41) is 2.49. The van der Waals surface area contributed by atoms with Crippen LogP contribution in [0.25, 0.3) is 44.2 Å². The zero-order valence-electron chi connectivity index (χ0n) is 29.7. The van der Waals surface area contributed by atoms with E-state index in [1.165, 1.54) is 83.5 Å². The summed E-state index contributed by atoms with van der Waals surface area (Å²) in [6, 6.07) is 70.3. The van der Waals surface area contributed by atoms with Gasteiger partial charge in [-0.15, -0.1) is 0 Å². The Kier molecular flexibility index (Phi) is 6.70. The molecule has 3 aliphatic rings. The highest BCUT2D eigenvalue weighted by molar-refractivity contribution is 6.01. The Balaban J connectivity index is 1.10. The number of para-hydroxylation sites is 1. The van der Waals surface area contributed by atoms with Crippen LogP contribution in [0.2, 0.25) is 0 Å². The molecule has 0 aliphatic heterocycles. The second kappa shape index (κ2) is 11.7. The highest BCUT2D eigenvalue weighted by atomic mass is 15.1. The summed E-state index contributed by atoms with van der Waals surface area (Å²) in [5.41, 5.74) is 17.7. The van der Waals surface area contributed by atoms with Gasteiger partial charge in [0.1, 0.15) is 0 Å². The minimum absolute atomic E-state index is 0.0525. The maximum absolute atomic E-state index is 2.56. The van der Waals surface area contributed by atoms with Crippen LogP contribution in [0.3, 0.4) is 0 Å². The van der Waals surface area contributed by atoms with Gasteiger partial charge in [-0.05, 0) is 105 Å². The lowest BCUT2D eigenvalue weighted by molar-refractivity contribution is 0.265. The summed E-state index contributed by atoms with van der Waals surface area (Å²) >= 11 is 0. The van der Waals surface area contributed by atoms with Gasteiger partial charge in [-0.2, -0.15) is 0 Å². The number of benzene rings is 8. The number of hydrogen-bond acceptors (Lipinski definition) is 1. The number of anilines is 3. The Bertz CT molecular complexity index is 2640. The third-order valence-corrected chi connectivity index (χ3v) is 12.9. The zero-order chi connectivity index (χ0) is 35.0. The molecule has 53 heavy (non-hydrogen) atoms. The number of rotatable bonds is 4. The molecule has 0 amide bonds. The average Bonchev–Trinajstić information content (AvgIpc) is 3.66. The van der Waals surface area contributed by atoms with Crippen molar-refractivity contribution in [2.75, 3.05) is 4.90 Å². The van der Waals surface area contributed by atoms with Gasteiger partial charge in [0.25, 0.3) is 0 Å². The molecule has 1 heteroatoms. The predicted octanol–water partition coefficient (Wildman–Crippen LogP) is 13.8. The van der Waals surface area contributed by atoms with Crippen molar-refractivity contribution in [2.45, 2.75) is 36.5 Å². The van der Waals surface area contributed by atoms with Crippen molar-refractivity contribution in [1.82, 2.24) is 0 Å². The zero-order valence-corrected chi connectivity index (χ0v) is 29.7. The minimum Gasteiger partial charge on any atom is -0.309 e. The van der Waals surface area contributed by atoms with E-state index in [0.717, 1.165) is 25.7 Å². The van der Waals surface area contributed by atoms with E-state index in [1.807, 2.05) is 0 Å². The molecule has 0 atom stereocenters. The maximum Gasteiger partial charge on any atom is 0.0540 e. The van der Waals surface area contributed by atoms with Gasteiger partial charge in [0.2, 0.25) is 0 Å². The smallest absolute Gasteiger partial charge is 0.0540 e. The molecule has 0 unspecified atom stereocenters. The predicted molar refractivity (Wildman–Crippen MR) is 221 cm³/mol. The Hall–Kier alpha value is -6.18. The lowest BCUT2D eigenvalue weighted by Crippen LogP contribution is -2.39. The van der Waals surface area contributed by atoms with Crippen LogP contribution in [0.4, 0.5) is 17.1 Å². The molecular weight excluding hydrogens is 639 g/mol. The number of nitrogens with zero attached hydrogens (tertiary/aromatic N) is 1. The Morgan fingerprint density at radius 3 is 1.47 bits per heavy atom. The number of hydrogen-bond donors (Lipinski definition) is 0. The molecular formula is C52H39N. The van der Waals surface area contributed by atoms with Crippen molar-refractivity contribution in [2.24, 2.45) is 0 Å². The molecule has 2 spiro atoms. The molecule has 1 saturated carbocycles. The van der Waals surface area contributed by atoms with Crippen molar-refractivity contribution in [3.8, 4) is 33.4 Å². The second-order valence-corrected chi connectivity index (χ2v) is 15.2.